The first-order valence-electron chi connectivity index (χ1n) is 8.75. The number of nitrogens with two attached hydrogens (primary N) is 1. The van der Waals surface area contributed by atoms with Crippen molar-refractivity contribution in [3.63, 3.8) is 0 Å². The van der Waals surface area contributed by atoms with Gasteiger partial charge in [0.15, 0.2) is 11.5 Å². The lowest BCUT2D eigenvalue weighted by Crippen LogP contribution is -2.30. The van der Waals surface area contributed by atoms with Gasteiger partial charge >= 0.3 is 0 Å². The lowest BCUT2D eigenvalue weighted by Gasteiger charge is -2.25. The van der Waals surface area contributed by atoms with Crippen LogP contribution >= 0.6 is 12.4 Å². The third kappa shape index (κ3) is 3.58. The number of aryl methyl sites for hydroxylation is 1. The normalized spacial score (nSPS) is 17.8. The van der Waals surface area contributed by atoms with Crippen LogP contribution in [0.3, 0.4) is 0 Å². The molecule has 1 unspecified atom stereocenters. The first kappa shape index (κ1) is 18.4. The van der Waals surface area contributed by atoms with Crippen molar-refractivity contribution in [3.05, 3.63) is 53.6 Å². The summed E-state index contributed by atoms with van der Waals surface area (Å²) in [4.78, 5) is 14.8. The van der Waals surface area contributed by atoms with E-state index in [9.17, 15) is 4.79 Å². The van der Waals surface area contributed by atoms with Crippen molar-refractivity contribution in [3.8, 4) is 11.5 Å². The molecule has 2 aliphatic rings. The molecule has 2 aromatic rings. The van der Waals surface area contributed by atoms with Gasteiger partial charge in [-0.25, -0.2) is 0 Å². The van der Waals surface area contributed by atoms with Crippen molar-refractivity contribution < 1.29 is 14.3 Å². The van der Waals surface area contributed by atoms with Crippen LogP contribution in [-0.2, 0) is 11.2 Å². The van der Waals surface area contributed by atoms with E-state index in [2.05, 4.69) is 0 Å². The number of hydrogen-bond donors (Lipinski definition) is 1. The Hall–Kier alpha value is -2.40. The van der Waals surface area contributed by atoms with Crippen molar-refractivity contribution in [2.75, 3.05) is 19.1 Å². The number of anilines is 1. The molecule has 0 aliphatic carbocycles. The van der Waals surface area contributed by atoms with Gasteiger partial charge in [0.1, 0.15) is 0 Å². The second kappa shape index (κ2) is 7.87. The summed E-state index contributed by atoms with van der Waals surface area (Å²) in [5.41, 5.74) is 8.89. The second-order valence-corrected chi connectivity index (χ2v) is 6.56. The van der Waals surface area contributed by atoms with Gasteiger partial charge in [-0.15, -0.1) is 12.4 Å². The highest BCUT2D eigenvalue weighted by Gasteiger charge is 2.30. The fourth-order valence-corrected chi connectivity index (χ4v) is 3.68. The SMILES string of the molecule is Cl.Nc1ccccc1CCC(=O)N1CCCC1c1ccc2c(c1)OCO2. The number of halogens is 1. The number of nitrogens with zero attached hydrogens (tertiary/aromatic N) is 1. The number of fused-ring (bicyclic) bond motifs is 1. The molecule has 2 aliphatic heterocycles. The van der Waals surface area contributed by atoms with Crippen molar-refractivity contribution >= 4 is 24.0 Å². The van der Waals surface area contributed by atoms with Crippen LogP contribution in [0.25, 0.3) is 0 Å². The molecule has 4 rings (SSSR count). The molecule has 2 aromatic carbocycles. The Kier molecular flexibility index (Phi) is 5.57. The van der Waals surface area contributed by atoms with Crippen molar-refractivity contribution in [1.29, 1.82) is 0 Å². The van der Waals surface area contributed by atoms with E-state index in [1.165, 1.54) is 0 Å². The van der Waals surface area contributed by atoms with Gasteiger partial charge in [-0.3, -0.25) is 4.79 Å². The van der Waals surface area contributed by atoms with Gasteiger partial charge in [0.2, 0.25) is 12.7 Å². The van der Waals surface area contributed by atoms with E-state index < -0.39 is 0 Å². The van der Waals surface area contributed by atoms with Gasteiger partial charge in [0.25, 0.3) is 0 Å². The van der Waals surface area contributed by atoms with E-state index in [0.717, 1.165) is 47.7 Å². The number of rotatable bonds is 4. The molecule has 2 N–H and O–H groups in total. The number of likely N-dealkylation sites (tertiary alicyclic amines) is 1. The standard InChI is InChI=1S/C20H22N2O3.ClH/c21-16-5-2-1-4-14(16)8-10-20(23)22-11-3-6-17(22)15-7-9-18-19(12-15)25-13-24-18;/h1-2,4-5,7,9,12,17H,3,6,8,10-11,13,21H2;1H. The lowest BCUT2D eigenvalue weighted by atomic mass is 10.0. The highest BCUT2D eigenvalue weighted by Crippen LogP contribution is 2.39. The third-order valence-corrected chi connectivity index (χ3v) is 5.02. The Balaban J connectivity index is 0.00000196. The van der Waals surface area contributed by atoms with Crippen molar-refractivity contribution in [2.45, 2.75) is 31.7 Å². The fraction of sp³-hybridized carbons (Fsp3) is 0.350. The molecule has 1 fully saturated rings. The van der Waals surface area contributed by atoms with Crippen LogP contribution < -0.4 is 15.2 Å². The van der Waals surface area contributed by atoms with Gasteiger partial charge in [0, 0.05) is 18.7 Å². The van der Waals surface area contributed by atoms with Crippen LogP contribution in [-0.4, -0.2) is 24.1 Å². The maximum absolute atomic E-state index is 12.8. The Morgan fingerprint density at radius 2 is 1.96 bits per heavy atom. The topological polar surface area (TPSA) is 64.8 Å². The van der Waals surface area contributed by atoms with E-state index in [4.69, 9.17) is 15.2 Å². The number of benzene rings is 2. The molecule has 1 atom stereocenters. The molecule has 0 spiro atoms. The quantitative estimate of drug-likeness (QED) is 0.828. The minimum absolute atomic E-state index is 0. The zero-order chi connectivity index (χ0) is 17.2. The number of carbonyl (C=O) groups is 1. The second-order valence-electron chi connectivity index (χ2n) is 6.56. The summed E-state index contributed by atoms with van der Waals surface area (Å²) in [7, 11) is 0. The number of carbonyl (C=O) groups excluding carboxylic acids is 1. The molecular formula is C20H23ClN2O3. The summed E-state index contributed by atoms with van der Waals surface area (Å²) < 4.78 is 10.8. The maximum atomic E-state index is 12.8. The average molecular weight is 375 g/mol. The molecule has 138 valence electrons. The van der Waals surface area contributed by atoms with Crippen LogP contribution in [0, 0.1) is 0 Å². The van der Waals surface area contributed by atoms with E-state index in [1.54, 1.807) is 0 Å². The lowest BCUT2D eigenvalue weighted by molar-refractivity contribution is -0.132. The number of para-hydroxylation sites is 1. The monoisotopic (exact) mass is 374 g/mol. The Bertz CT molecular complexity index is 796. The predicted octanol–water partition coefficient (Wildman–Crippen LogP) is 3.72. The van der Waals surface area contributed by atoms with Gasteiger partial charge in [-0.1, -0.05) is 24.3 Å². The minimum atomic E-state index is 0. The van der Waals surface area contributed by atoms with E-state index >= 15 is 0 Å². The van der Waals surface area contributed by atoms with E-state index in [-0.39, 0.29) is 31.1 Å². The molecule has 1 amide bonds. The van der Waals surface area contributed by atoms with Crippen LogP contribution in [0.1, 0.15) is 36.4 Å². The van der Waals surface area contributed by atoms with Gasteiger partial charge in [-0.05, 0) is 48.6 Å². The van der Waals surface area contributed by atoms with E-state index in [1.807, 2.05) is 47.4 Å². The summed E-state index contributed by atoms with van der Waals surface area (Å²) in [6, 6.07) is 13.8. The highest BCUT2D eigenvalue weighted by atomic mass is 35.5. The summed E-state index contributed by atoms with van der Waals surface area (Å²) in [5, 5.41) is 0. The Labute approximate surface area is 159 Å². The van der Waals surface area contributed by atoms with Crippen LogP contribution in [0.15, 0.2) is 42.5 Å². The summed E-state index contributed by atoms with van der Waals surface area (Å²) in [6.45, 7) is 1.08. The molecule has 5 nitrogen and oxygen atoms in total. The minimum Gasteiger partial charge on any atom is -0.454 e. The smallest absolute Gasteiger partial charge is 0.231 e. The maximum Gasteiger partial charge on any atom is 0.231 e. The zero-order valence-electron chi connectivity index (χ0n) is 14.5. The summed E-state index contributed by atoms with van der Waals surface area (Å²) >= 11 is 0. The molecule has 0 saturated carbocycles. The summed E-state index contributed by atoms with van der Waals surface area (Å²) in [5.74, 6) is 1.73. The molecule has 6 heteroatoms. The zero-order valence-corrected chi connectivity index (χ0v) is 15.3. The fourth-order valence-electron chi connectivity index (χ4n) is 3.68. The molecule has 0 aromatic heterocycles. The average Bonchev–Trinajstić information content (AvgIpc) is 3.29. The molecule has 2 heterocycles. The number of ether oxygens (including phenoxy) is 2. The van der Waals surface area contributed by atoms with E-state index in [0.29, 0.717) is 12.8 Å². The van der Waals surface area contributed by atoms with Crippen LogP contribution in [0.5, 0.6) is 11.5 Å². The molecule has 0 radical (unpaired) electrons. The van der Waals surface area contributed by atoms with Gasteiger partial charge < -0.3 is 20.1 Å². The van der Waals surface area contributed by atoms with Crippen LogP contribution in [0.4, 0.5) is 5.69 Å². The first-order chi connectivity index (χ1) is 12.2. The van der Waals surface area contributed by atoms with Crippen molar-refractivity contribution in [2.24, 2.45) is 0 Å². The number of amides is 1. The third-order valence-electron chi connectivity index (χ3n) is 5.02. The number of nitrogen functional groups attached to an aromatic ring is 1. The molecule has 26 heavy (non-hydrogen) atoms. The molecule has 0 bridgehead atoms. The number of hydrogen-bond acceptors (Lipinski definition) is 4. The Morgan fingerprint density at radius 1 is 1.15 bits per heavy atom. The predicted molar refractivity (Wildman–Crippen MR) is 103 cm³/mol. The Morgan fingerprint density at radius 3 is 2.81 bits per heavy atom. The van der Waals surface area contributed by atoms with Crippen molar-refractivity contribution in [1.82, 2.24) is 4.90 Å². The van der Waals surface area contributed by atoms with Gasteiger partial charge in [0.05, 0.1) is 6.04 Å². The highest BCUT2D eigenvalue weighted by molar-refractivity contribution is 5.85. The van der Waals surface area contributed by atoms with Crippen LogP contribution in [0.2, 0.25) is 0 Å². The summed E-state index contributed by atoms with van der Waals surface area (Å²) in [6.07, 6.45) is 3.17. The first-order valence-corrected chi connectivity index (χ1v) is 8.75. The molecule has 1 saturated heterocycles. The van der Waals surface area contributed by atoms with Gasteiger partial charge in [-0.2, -0.15) is 0 Å². The molecular weight excluding hydrogens is 352 g/mol. The largest absolute Gasteiger partial charge is 0.454 e.